The summed E-state index contributed by atoms with van der Waals surface area (Å²) in [5.74, 6) is -0.0223. The second kappa shape index (κ2) is 8.78. The fraction of sp³-hybridized carbons (Fsp3) is 0.409. The fourth-order valence-electron chi connectivity index (χ4n) is 4.00. The zero-order valence-corrected chi connectivity index (χ0v) is 17.1. The van der Waals surface area contributed by atoms with Gasteiger partial charge < -0.3 is 15.1 Å². The SMILES string of the molecule is O=C(NCCc1cccs1)c1ccc(CN2CC(=O)N3CCCCC3C2=O)cc1. The third-order valence-corrected chi connectivity index (χ3v) is 6.51. The van der Waals surface area contributed by atoms with E-state index in [-0.39, 0.29) is 30.3 Å². The van der Waals surface area contributed by atoms with Gasteiger partial charge in [-0.3, -0.25) is 14.4 Å². The highest BCUT2D eigenvalue weighted by atomic mass is 32.1. The number of nitrogens with zero attached hydrogens (tertiary/aromatic N) is 2. The molecule has 0 aliphatic carbocycles. The van der Waals surface area contributed by atoms with Crippen molar-refractivity contribution in [1.82, 2.24) is 15.1 Å². The standard InChI is InChI=1S/C22H25N3O3S/c26-20-15-24(22(28)19-5-1-2-12-25(19)20)14-16-6-8-17(9-7-16)21(27)23-11-10-18-4-3-13-29-18/h3-4,6-9,13,19H,1-2,5,10-12,14-15H2,(H,23,27). The third-order valence-electron chi connectivity index (χ3n) is 5.57. The van der Waals surface area contributed by atoms with Crippen LogP contribution in [0.2, 0.25) is 0 Å². The molecule has 29 heavy (non-hydrogen) atoms. The van der Waals surface area contributed by atoms with Crippen LogP contribution in [0.25, 0.3) is 0 Å². The molecule has 1 aromatic carbocycles. The molecule has 4 rings (SSSR count). The summed E-state index contributed by atoms with van der Waals surface area (Å²) in [6, 6.07) is 11.0. The lowest BCUT2D eigenvalue weighted by molar-refractivity contribution is -0.158. The molecule has 6 nitrogen and oxygen atoms in total. The number of rotatable bonds is 6. The first-order chi connectivity index (χ1) is 14.1. The number of benzene rings is 1. The van der Waals surface area contributed by atoms with Crippen molar-refractivity contribution in [2.75, 3.05) is 19.6 Å². The maximum absolute atomic E-state index is 12.8. The minimum Gasteiger partial charge on any atom is -0.352 e. The van der Waals surface area contributed by atoms with Crippen LogP contribution >= 0.6 is 11.3 Å². The number of carbonyl (C=O) groups excluding carboxylic acids is 3. The second-order valence-corrected chi connectivity index (χ2v) is 8.61. The zero-order chi connectivity index (χ0) is 20.2. The predicted molar refractivity (Wildman–Crippen MR) is 112 cm³/mol. The van der Waals surface area contributed by atoms with Gasteiger partial charge in [0.1, 0.15) is 12.6 Å². The first kappa shape index (κ1) is 19.6. The maximum atomic E-state index is 12.8. The van der Waals surface area contributed by atoms with E-state index in [0.29, 0.717) is 25.2 Å². The summed E-state index contributed by atoms with van der Waals surface area (Å²) >= 11 is 1.69. The molecule has 3 amide bonds. The molecule has 2 saturated heterocycles. The molecule has 1 unspecified atom stereocenters. The molecule has 0 radical (unpaired) electrons. The minimum absolute atomic E-state index is 0.0380. The van der Waals surface area contributed by atoms with Gasteiger partial charge in [0.15, 0.2) is 0 Å². The molecule has 1 aromatic heterocycles. The van der Waals surface area contributed by atoms with Gasteiger partial charge in [-0.15, -0.1) is 11.3 Å². The van der Waals surface area contributed by atoms with E-state index < -0.39 is 0 Å². The monoisotopic (exact) mass is 411 g/mol. The summed E-state index contributed by atoms with van der Waals surface area (Å²) in [4.78, 5) is 42.1. The van der Waals surface area contributed by atoms with Crippen LogP contribution in [0, 0.1) is 0 Å². The van der Waals surface area contributed by atoms with Crippen LogP contribution in [-0.4, -0.2) is 53.2 Å². The smallest absolute Gasteiger partial charge is 0.251 e. The van der Waals surface area contributed by atoms with Gasteiger partial charge in [0.25, 0.3) is 5.91 Å². The Morgan fingerprint density at radius 2 is 1.97 bits per heavy atom. The number of carbonyl (C=O) groups is 3. The summed E-state index contributed by atoms with van der Waals surface area (Å²) in [5.41, 5.74) is 1.52. The summed E-state index contributed by atoms with van der Waals surface area (Å²) in [6.07, 6.45) is 3.55. The number of hydrogen-bond donors (Lipinski definition) is 1. The highest BCUT2D eigenvalue weighted by molar-refractivity contribution is 7.09. The van der Waals surface area contributed by atoms with Crippen molar-refractivity contribution in [2.24, 2.45) is 0 Å². The Labute approximate surface area is 174 Å². The van der Waals surface area contributed by atoms with Gasteiger partial charge in [-0.05, 0) is 54.8 Å². The van der Waals surface area contributed by atoms with Crippen molar-refractivity contribution in [3.8, 4) is 0 Å². The summed E-state index contributed by atoms with van der Waals surface area (Å²) in [6.45, 7) is 1.83. The van der Waals surface area contributed by atoms with E-state index in [2.05, 4.69) is 11.4 Å². The minimum atomic E-state index is -0.293. The molecular formula is C22H25N3O3S. The average Bonchev–Trinajstić information content (AvgIpc) is 3.26. The molecule has 2 fully saturated rings. The Bertz CT molecular complexity index is 879. The Hall–Kier alpha value is -2.67. The molecule has 2 aliphatic heterocycles. The van der Waals surface area contributed by atoms with E-state index in [1.54, 1.807) is 33.3 Å². The van der Waals surface area contributed by atoms with Gasteiger partial charge in [0.05, 0.1) is 0 Å². The van der Waals surface area contributed by atoms with Crippen LogP contribution in [0.15, 0.2) is 41.8 Å². The van der Waals surface area contributed by atoms with E-state index in [9.17, 15) is 14.4 Å². The van der Waals surface area contributed by atoms with Crippen molar-refractivity contribution in [3.63, 3.8) is 0 Å². The summed E-state index contributed by atoms with van der Waals surface area (Å²) < 4.78 is 0. The van der Waals surface area contributed by atoms with Crippen molar-refractivity contribution in [2.45, 2.75) is 38.3 Å². The van der Waals surface area contributed by atoms with Gasteiger partial charge in [0.2, 0.25) is 11.8 Å². The summed E-state index contributed by atoms with van der Waals surface area (Å²) in [5, 5.41) is 4.97. The molecular weight excluding hydrogens is 386 g/mol. The highest BCUT2D eigenvalue weighted by Gasteiger charge is 2.40. The average molecular weight is 412 g/mol. The van der Waals surface area contributed by atoms with Crippen LogP contribution in [0.5, 0.6) is 0 Å². The number of hydrogen-bond acceptors (Lipinski definition) is 4. The molecule has 152 valence electrons. The van der Waals surface area contributed by atoms with Crippen LogP contribution < -0.4 is 5.32 Å². The number of piperidine rings is 1. The van der Waals surface area contributed by atoms with E-state index >= 15 is 0 Å². The first-order valence-corrected chi connectivity index (χ1v) is 11.0. The quantitative estimate of drug-likeness (QED) is 0.794. The van der Waals surface area contributed by atoms with Crippen molar-refractivity contribution >= 4 is 29.1 Å². The van der Waals surface area contributed by atoms with Gasteiger partial charge in [0, 0.05) is 30.1 Å². The lowest BCUT2D eigenvalue weighted by Crippen LogP contribution is -2.60. The van der Waals surface area contributed by atoms with Crippen LogP contribution in [0.3, 0.4) is 0 Å². The Morgan fingerprint density at radius 1 is 1.14 bits per heavy atom. The van der Waals surface area contributed by atoms with Gasteiger partial charge in [-0.2, -0.15) is 0 Å². The fourth-order valence-corrected chi connectivity index (χ4v) is 4.71. The molecule has 2 aliphatic rings. The lowest BCUT2D eigenvalue weighted by Gasteiger charge is -2.42. The van der Waals surface area contributed by atoms with Gasteiger partial charge in [-0.25, -0.2) is 0 Å². The lowest BCUT2D eigenvalue weighted by atomic mass is 9.98. The Morgan fingerprint density at radius 3 is 2.72 bits per heavy atom. The first-order valence-electron chi connectivity index (χ1n) is 10.1. The normalized spacial score (nSPS) is 19.2. The third kappa shape index (κ3) is 4.50. The van der Waals surface area contributed by atoms with Crippen LogP contribution in [0.4, 0.5) is 0 Å². The Balaban J connectivity index is 1.32. The van der Waals surface area contributed by atoms with Gasteiger partial charge in [-0.1, -0.05) is 18.2 Å². The molecule has 0 spiro atoms. The van der Waals surface area contributed by atoms with Crippen molar-refractivity contribution in [1.29, 1.82) is 0 Å². The van der Waals surface area contributed by atoms with E-state index in [1.807, 2.05) is 23.6 Å². The molecule has 3 heterocycles. The predicted octanol–water partition coefficient (Wildman–Crippen LogP) is 2.44. The highest BCUT2D eigenvalue weighted by Crippen LogP contribution is 2.24. The van der Waals surface area contributed by atoms with Crippen molar-refractivity contribution < 1.29 is 14.4 Å². The van der Waals surface area contributed by atoms with E-state index in [0.717, 1.165) is 31.2 Å². The molecule has 2 aromatic rings. The molecule has 7 heteroatoms. The maximum Gasteiger partial charge on any atom is 0.251 e. The zero-order valence-electron chi connectivity index (χ0n) is 16.3. The number of piperazine rings is 1. The molecule has 1 N–H and O–H groups in total. The van der Waals surface area contributed by atoms with Crippen LogP contribution in [-0.2, 0) is 22.6 Å². The van der Waals surface area contributed by atoms with E-state index in [4.69, 9.17) is 0 Å². The van der Waals surface area contributed by atoms with Crippen molar-refractivity contribution in [3.05, 3.63) is 57.8 Å². The Kier molecular flexibility index (Phi) is 5.94. The summed E-state index contributed by atoms with van der Waals surface area (Å²) in [7, 11) is 0. The second-order valence-electron chi connectivity index (χ2n) is 7.58. The molecule has 1 atom stereocenters. The largest absolute Gasteiger partial charge is 0.352 e. The topological polar surface area (TPSA) is 69.7 Å². The number of nitrogens with one attached hydrogen (secondary N) is 1. The molecule has 0 saturated carbocycles. The van der Waals surface area contributed by atoms with Crippen LogP contribution in [0.1, 0.15) is 40.1 Å². The number of amides is 3. The van der Waals surface area contributed by atoms with Gasteiger partial charge >= 0.3 is 0 Å². The number of fused-ring (bicyclic) bond motifs is 1. The van der Waals surface area contributed by atoms with E-state index in [1.165, 1.54) is 4.88 Å². The number of thiophene rings is 1. The molecule has 0 bridgehead atoms.